The molecule has 138 valence electrons. The van der Waals surface area contributed by atoms with Gasteiger partial charge in [-0.1, -0.05) is 12.1 Å². The number of nitrogens with zero attached hydrogens (tertiary/aromatic N) is 3. The number of methoxy groups -OCH3 is 1. The Labute approximate surface area is 153 Å². The third-order valence-electron chi connectivity index (χ3n) is 4.69. The number of hydrogen-bond acceptors (Lipinski definition) is 6. The van der Waals surface area contributed by atoms with Crippen molar-refractivity contribution in [2.75, 3.05) is 25.1 Å². The van der Waals surface area contributed by atoms with Crippen LogP contribution in [0.1, 0.15) is 28.0 Å². The SMILES string of the molecule is CO[C@H]1C[C@@H](CNC(=O)c2ccc(CO)cc2)N(c2cc(C)ncn2)C1. The highest BCUT2D eigenvalue weighted by atomic mass is 16.5. The molecule has 1 amide bonds. The molecule has 26 heavy (non-hydrogen) atoms. The molecule has 1 aliphatic heterocycles. The summed E-state index contributed by atoms with van der Waals surface area (Å²) in [6.45, 7) is 3.14. The Hall–Kier alpha value is -2.51. The first kappa shape index (κ1) is 18.3. The summed E-state index contributed by atoms with van der Waals surface area (Å²) in [6, 6.07) is 9.00. The summed E-state index contributed by atoms with van der Waals surface area (Å²) in [5, 5.41) is 12.1. The van der Waals surface area contributed by atoms with Gasteiger partial charge in [0.2, 0.25) is 0 Å². The molecule has 0 bridgehead atoms. The zero-order chi connectivity index (χ0) is 18.5. The lowest BCUT2D eigenvalue weighted by Crippen LogP contribution is -2.40. The fourth-order valence-electron chi connectivity index (χ4n) is 3.19. The van der Waals surface area contributed by atoms with E-state index in [1.54, 1.807) is 37.7 Å². The minimum Gasteiger partial charge on any atom is -0.392 e. The van der Waals surface area contributed by atoms with Crippen LogP contribution in [0.4, 0.5) is 5.82 Å². The van der Waals surface area contributed by atoms with Crippen molar-refractivity contribution >= 4 is 11.7 Å². The predicted octanol–water partition coefficient (Wildman–Crippen LogP) is 1.30. The van der Waals surface area contributed by atoms with E-state index in [1.165, 1.54) is 0 Å². The minimum atomic E-state index is -0.130. The van der Waals surface area contributed by atoms with E-state index in [-0.39, 0.29) is 24.7 Å². The van der Waals surface area contributed by atoms with Gasteiger partial charge >= 0.3 is 0 Å². The van der Waals surface area contributed by atoms with E-state index in [0.717, 1.165) is 30.0 Å². The van der Waals surface area contributed by atoms with Gasteiger partial charge in [-0.15, -0.1) is 0 Å². The maximum Gasteiger partial charge on any atom is 0.251 e. The number of carbonyl (C=O) groups excluding carboxylic acids is 1. The molecule has 1 aromatic carbocycles. The van der Waals surface area contributed by atoms with Gasteiger partial charge in [-0.2, -0.15) is 0 Å². The standard InChI is InChI=1S/C19H24N4O3/c1-13-7-18(22-12-21-13)23-10-17(26-2)8-16(23)9-20-19(25)15-5-3-14(11-24)4-6-15/h3-7,12,16-17,24H,8-11H2,1-2H3,(H,20,25)/t16-,17-/m0/s1. The summed E-state index contributed by atoms with van der Waals surface area (Å²) in [6.07, 6.45) is 2.49. The number of nitrogens with one attached hydrogen (secondary N) is 1. The maximum atomic E-state index is 12.4. The average molecular weight is 356 g/mol. The number of aliphatic hydroxyl groups is 1. The van der Waals surface area contributed by atoms with Crippen molar-refractivity contribution in [3.8, 4) is 0 Å². The summed E-state index contributed by atoms with van der Waals surface area (Å²) >= 11 is 0. The third kappa shape index (κ3) is 4.17. The lowest BCUT2D eigenvalue weighted by molar-refractivity contribution is 0.0946. The number of aryl methyl sites for hydroxylation is 1. The summed E-state index contributed by atoms with van der Waals surface area (Å²) < 4.78 is 5.52. The molecular weight excluding hydrogens is 332 g/mol. The van der Waals surface area contributed by atoms with E-state index in [9.17, 15) is 4.79 Å². The van der Waals surface area contributed by atoms with E-state index >= 15 is 0 Å². The van der Waals surface area contributed by atoms with Crippen molar-refractivity contribution in [3.63, 3.8) is 0 Å². The van der Waals surface area contributed by atoms with Crippen LogP contribution in [0, 0.1) is 6.92 Å². The molecule has 0 saturated carbocycles. The van der Waals surface area contributed by atoms with Crippen molar-refractivity contribution in [1.82, 2.24) is 15.3 Å². The first-order valence-electron chi connectivity index (χ1n) is 8.66. The highest BCUT2D eigenvalue weighted by molar-refractivity contribution is 5.94. The first-order chi connectivity index (χ1) is 12.6. The topological polar surface area (TPSA) is 87.6 Å². The van der Waals surface area contributed by atoms with Crippen LogP contribution >= 0.6 is 0 Å². The van der Waals surface area contributed by atoms with Gasteiger partial charge in [0.25, 0.3) is 5.91 Å². The lowest BCUT2D eigenvalue weighted by atomic mass is 10.1. The molecular formula is C19H24N4O3. The van der Waals surface area contributed by atoms with Crippen LogP contribution < -0.4 is 10.2 Å². The van der Waals surface area contributed by atoms with Crippen LogP contribution in [0.15, 0.2) is 36.7 Å². The summed E-state index contributed by atoms with van der Waals surface area (Å²) in [7, 11) is 1.71. The number of aliphatic hydroxyl groups excluding tert-OH is 1. The lowest BCUT2D eigenvalue weighted by Gasteiger charge is -2.25. The minimum absolute atomic E-state index is 0.0321. The Morgan fingerprint density at radius 1 is 1.35 bits per heavy atom. The molecule has 7 heteroatoms. The van der Waals surface area contributed by atoms with E-state index in [1.807, 2.05) is 13.0 Å². The molecule has 2 heterocycles. The van der Waals surface area contributed by atoms with Crippen LogP contribution in [0.25, 0.3) is 0 Å². The largest absolute Gasteiger partial charge is 0.392 e. The number of anilines is 1. The van der Waals surface area contributed by atoms with E-state index in [0.29, 0.717) is 12.1 Å². The fourth-order valence-corrected chi connectivity index (χ4v) is 3.19. The zero-order valence-corrected chi connectivity index (χ0v) is 15.1. The fraction of sp³-hybridized carbons (Fsp3) is 0.421. The number of benzene rings is 1. The van der Waals surface area contributed by atoms with Gasteiger partial charge in [0.1, 0.15) is 12.1 Å². The van der Waals surface area contributed by atoms with Crippen molar-refractivity contribution in [3.05, 3.63) is 53.5 Å². The van der Waals surface area contributed by atoms with Crippen LogP contribution in [-0.4, -0.2) is 53.3 Å². The van der Waals surface area contributed by atoms with Crippen LogP contribution in [0.2, 0.25) is 0 Å². The van der Waals surface area contributed by atoms with Gasteiger partial charge in [-0.3, -0.25) is 4.79 Å². The molecule has 1 aromatic heterocycles. The number of aromatic nitrogens is 2. The van der Waals surface area contributed by atoms with Gasteiger partial charge in [0.15, 0.2) is 0 Å². The average Bonchev–Trinajstić information content (AvgIpc) is 3.09. The second kappa shape index (κ2) is 8.25. The second-order valence-corrected chi connectivity index (χ2v) is 6.48. The van der Waals surface area contributed by atoms with E-state index in [2.05, 4.69) is 20.2 Å². The van der Waals surface area contributed by atoms with Crippen LogP contribution in [-0.2, 0) is 11.3 Å². The maximum absolute atomic E-state index is 12.4. The number of amides is 1. The van der Waals surface area contributed by atoms with Gasteiger partial charge < -0.3 is 20.1 Å². The number of hydrogen-bond donors (Lipinski definition) is 2. The van der Waals surface area contributed by atoms with Crippen molar-refractivity contribution in [1.29, 1.82) is 0 Å². The van der Waals surface area contributed by atoms with E-state index < -0.39 is 0 Å². The third-order valence-corrected chi connectivity index (χ3v) is 4.69. The van der Waals surface area contributed by atoms with Crippen molar-refractivity contribution in [2.45, 2.75) is 32.1 Å². The number of carbonyl (C=O) groups is 1. The van der Waals surface area contributed by atoms with Crippen LogP contribution in [0.5, 0.6) is 0 Å². The molecule has 0 aliphatic carbocycles. The zero-order valence-electron chi connectivity index (χ0n) is 15.1. The molecule has 1 fully saturated rings. The molecule has 1 aliphatic rings. The van der Waals surface area contributed by atoms with Crippen LogP contribution in [0.3, 0.4) is 0 Å². The summed E-state index contributed by atoms with van der Waals surface area (Å²) in [5.74, 6) is 0.720. The molecule has 2 atom stereocenters. The monoisotopic (exact) mass is 356 g/mol. The summed E-state index contributed by atoms with van der Waals surface area (Å²) in [5.41, 5.74) is 2.26. The quantitative estimate of drug-likeness (QED) is 0.811. The number of rotatable bonds is 6. The second-order valence-electron chi connectivity index (χ2n) is 6.48. The molecule has 0 radical (unpaired) electrons. The Balaban J connectivity index is 1.66. The van der Waals surface area contributed by atoms with Gasteiger partial charge in [-0.25, -0.2) is 9.97 Å². The Morgan fingerprint density at radius 3 is 2.77 bits per heavy atom. The van der Waals surface area contributed by atoms with Gasteiger partial charge in [-0.05, 0) is 31.0 Å². The molecule has 2 aromatic rings. The Kier molecular flexibility index (Phi) is 5.80. The molecule has 2 N–H and O–H groups in total. The smallest absolute Gasteiger partial charge is 0.251 e. The highest BCUT2D eigenvalue weighted by Gasteiger charge is 2.33. The molecule has 0 unspecified atom stereocenters. The Bertz CT molecular complexity index is 751. The molecule has 0 spiro atoms. The van der Waals surface area contributed by atoms with Gasteiger partial charge in [0, 0.05) is 37.5 Å². The molecule has 1 saturated heterocycles. The van der Waals surface area contributed by atoms with Crippen molar-refractivity contribution < 1.29 is 14.6 Å². The predicted molar refractivity (Wildman–Crippen MR) is 98.0 cm³/mol. The number of ether oxygens (including phenoxy) is 1. The molecule has 7 nitrogen and oxygen atoms in total. The van der Waals surface area contributed by atoms with Gasteiger partial charge in [0.05, 0.1) is 18.8 Å². The summed E-state index contributed by atoms with van der Waals surface area (Å²) in [4.78, 5) is 23.1. The highest BCUT2D eigenvalue weighted by Crippen LogP contribution is 2.25. The first-order valence-corrected chi connectivity index (χ1v) is 8.66. The normalized spacial score (nSPS) is 19.6. The molecule has 3 rings (SSSR count). The van der Waals surface area contributed by atoms with E-state index in [4.69, 9.17) is 9.84 Å². The Morgan fingerprint density at radius 2 is 2.12 bits per heavy atom. The van der Waals surface area contributed by atoms with Crippen molar-refractivity contribution in [2.24, 2.45) is 0 Å².